The number of carboxylic acids is 1. The van der Waals surface area contributed by atoms with Crippen LogP contribution in [0.5, 0.6) is 0 Å². The Labute approximate surface area is 97.9 Å². The number of rotatable bonds is 3. The molecule has 0 saturated heterocycles. The zero-order valence-corrected chi connectivity index (χ0v) is 9.80. The summed E-state index contributed by atoms with van der Waals surface area (Å²) < 4.78 is 3.13. The first kappa shape index (κ1) is 11.4. The van der Waals surface area contributed by atoms with Crippen molar-refractivity contribution >= 4 is 17.0 Å². The van der Waals surface area contributed by atoms with Gasteiger partial charge in [-0.3, -0.25) is 13.9 Å². The van der Waals surface area contributed by atoms with Gasteiger partial charge in [0.25, 0.3) is 0 Å². The van der Waals surface area contributed by atoms with Crippen LogP contribution in [0.15, 0.2) is 23.0 Å². The summed E-state index contributed by atoms with van der Waals surface area (Å²) in [5, 5.41) is 8.70. The average Bonchev–Trinajstić information content (AvgIpc) is 2.52. The van der Waals surface area contributed by atoms with Gasteiger partial charge in [-0.15, -0.1) is 0 Å². The number of aryl methyl sites for hydroxylation is 3. The third-order valence-electron chi connectivity index (χ3n) is 2.98. The lowest BCUT2D eigenvalue weighted by Crippen LogP contribution is -2.19. The maximum absolute atomic E-state index is 11.8. The van der Waals surface area contributed by atoms with Crippen molar-refractivity contribution in [3.05, 3.63) is 34.2 Å². The standard InChI is InChI=1S/C12H14N2O3/c1-13-9-5-3-4-8(6-7-10(15)16)11(9)14(2)12(13)17/h3-5H,6-7H2,1-2H3,(H,15,16). The topological polar surface area (TPSA) is 64.2 Å². The van der Waals surface area contributed by atoms with Gasteiger partial charge >= 0.3 is 11.7 Å². The Morgan fingerprint density at radius 2 is 2.00 bits per heavy atom. The molecule has 90 valence electrons. The van der Waals surface area contributed by atoms with Crippen molar-refractivity contribution in [1.29, 1.82) is 0 Å². The average molecular weight is 234 g/mol. The number of carboxylic acid groups (broad SMARTS) is 1. The fraction of sp³-hybridized carbons (Fsp3) is 0.333. The Balaban J connectivity index is 2.61. The van der Waals surface area contributed by atoms with Crippen LogP contribution in [0.3, 0.4) is 0 Å². The largest absolute Gasteiger partial charge is 0.481 e. The highest BCUT2D eigenvalue weighted by atomic mass is 16.4. The van der Waals surface area contributed by atoms with E-state index in [0.717, 1.165) is 16.6 Å². The second-order valence-corrected chi connectivity index (χ2v) is 4.08. The molecule has 0 aliphatic carbocycles. The van der Waals surface area contributed by atoms with Crippen LogP contribution in [-0.4, -0.2) is 20.2 Å². The third kappa shape index (κ3) is 1.84. The van der Waals surface area contributed by atoms with E-state index in [1.54, 1.807) is 23.2 Å². The number of aliphatic carboxylic acids is 1. The van der Waals surface area contributed by atoms with Gasteiger partial charge < -0.3 is 5.11 Å². The summed E-state index contributed by atoms with van der Waals surface area (Å²) in [6.45, 7) is 0. The SMILES string of the molecule is Cn1c(=O)n(C)c2c(CCC(=O)O)cccc21. The molecule has 5 heteroatoms. The molecule has 0 radical (unpaired) electrons. The minimum Gasteiger partial charge on any atom is -0.481 e. The van der Waals surface area contributed by atoms with Gasteiger partial charge in [0.15, 0.2) is 0 Å². The maximum atomic E-state index is 11.8. The number of fused-ring (bicyclic) bond motifs is 1. The highest BCUT2D eigenvalue weighted by molar-refractivity contribution is 5.80. The molecule has 0 aliphatic heterocycles. The van der Waals surface area contributed by atoms with Crippen LogP contribution in [0.25, 0.3) is 11.0 Å². The predicted octanol–water partition coefficient (Wildman–Crippen LogP) is 0.894. The normalized spacial score (nSPS) is 10.9. The molecule has 1 aromatic carbocycles. The summed E-state index contributed by atoms with van der Waals surface area (Å²) in [6, 6.07) is 5.57. The number of imidazole rings is 1. The van der Waals surface area contributed by atoms with Crippen LogP contribution in [0, 0.1) is 0 Å². The lowest BCUT2D eigenvalue weighted by atomic mass is 10.1. The molecule has 0 amide bonds. The van der Waals surface area contributed by atoms with E-state index < -0.39 is 5.97 Å². The van der Waals surface area contributed by atoms with Crippen molar-refractivity contribution in [2.24, 2.45) is 14.1 Å². The molecule has 1 N–H and O–H groups in total. The molecule has 0 saturated carbocycles. The number of nitrogens with zero attached hydrogens (tertiary/aromatic N) is 2. The molecule has 0 bridgehead atoms. The molecular formula is C12H14N2O3. The van der Waals surface area contributed by atoms with Crippen LogP contribution in [0.2, 0.25) is 0 Å². The Morgan fingerprint density at radius 3 is 2.65 bits per heavy atom. The molecule has 2 aromatic rings. The van der Waals surface area contributed by atoms with E-state index >= 15 is 0 Å². The Hall–Kier alpha value is -2.04. The number of benzene rings is 1. The minimum atomic E-state index is -0.831. The first-order valence-electron chi connectivity index (χ1n) is 5.37. The summed E-state index contributed by atoms with van der Waals surface area (Å²) >= 11 is 0. The van der Waals surface area contributed by atoms with E-state index in [1.165, 1.54) is 0 Å². The van der Waals surface area contributed by atoms with Gasteiger partial charge in [0.2, 0.25) is 0 Å². The summed E-state index contributed by atoms with van der Waals surface area (Å²) in [5.74, 6) is -0.831. The molecule has 17 heavy (non-hydrogen) atoms. The molecule has 2 rings (SSSR count). The fourth-order valence-corrected chi connectivity index (χ4v) is 2.10. The van der Waals surface area contributed by atoms with Crippen LogP contribution >= 0.6 is 0 Å². The van der Waals surface area contributed by atoms with Crippen molar-refractivity contribution < 1.29 is 9.90 Å². The fourth-order valence-electron chi connectivity index (χ4n) is 2.10. The van der Waals surface area contributed by atoms with Crippen molar-refractivity contribution in [2.45, 2.75) is 12.8 Å². The number of para-hydroxylation sites is 1. The van der Waals surface area contributed by atoms with Gasteiger partial charge in [-0.2, -0.15) is 0 Å². The molecule has 1 heterocycles. The lowest BCUT2D eigenvalue weighted by molar-refractivity contribution is -0.136. The Kier molecular flexibility index (Phi) is 2.75. The Bertz CT molecular complexity index is 637. The monoisotopic (exact) mass is 234 g/mol. The number of hydrogen-bond acceptors (Lipinski definition) is 2. The molecule has 0 aliphatic rings. The molecule has 0 spiro atoms. The van der Waals surface area contributed by atoms with E-state index in [9.17, 15) is 9.59 Å². The van der Waals surface area contributed by atoms with Crippen LogP contribution in [0.1, 0.15) is 12.0 Å². The van der Waals surface area contributed by atoms with E-state index in [4.69, 9.17) is 5.11 Å². The summed E-state index contributed by atoms with van der Waals surface area (Å²) in [4.78, 5) is 22.4. The van der Waals surface area contributed by atoms with Crippen molar-refractivity contribution in [2.75, 3.05) is 0 Å². The third-order valence-corrected chi connectivity index (χ3v) is 2.98. The molecular weight excluding hydrogens is 220 g/mol. The van der Waals surface area contributed by atoms with E-state index in [1.807, 2.05) is 18.2 Å². The van der Waals surface area contributed by atoms with E-state index in [2.05, 4.69) is 0 Å². The number of aromatic nitrogens is 2. The Morgan fingerprint density at radius 1 is 1.29 bits per heavy atom. The summed E-state index contributed by atoms with van der Waals surface area (Å²) in [5.41, 5.74) is 2.45. The lowest BCUT2D eigenvalue weighted by Gasteiger charge is -2.03. The van der Waals surface area contributed by atoms with Crippen LogP contribution in [-0.2, 0) is 25.3 Å². The van der Waals surface area contributed by atoms with Gasteiger partial charge in [0.1, 0.15) is 0 Å². The zero-order chi connectivity index (χ0) is 12.6. The predicted molar refractivity (Wildman–Crippen MR) is 64.1 cm³/mol. The van der Waals surface area contributed by atoms with Crippen molar-refractivity contribution in [1.82, 2.24) is 9.13 Å². The highest BCUT2D eigenvalue weighted by Crippen LogP contribution is 2.18. The van der Waals surface area contributed by atoms with Gasteiger partial charge in [0, 0.05) is 20.5 Å². The van der Waals surface area contributed by atoms with Gasteiger partial charge in [-0.1, -0.05) is 12.1 Å². The second-order valence-electron chi connectivity index (χ2n) is 4.08. The van der Waals surface area contributed by atoms with E-state index in [-0.39, 0.29) is 12.1 Å². The van der Waals surface area contributed by atoms with Crippen LogP contribution < -0.4 is 5.69 Å². The second kappa shape index (κ2) is 4.08. The number of hydrogen-bond donors (Lipinski definition) is 1. The molecule has 1 aromatic heterocycles. The maximum Gasteiger partial charge on any atom is 0.328 e. The molecule has 0 fully saturated rings. The minimum absolute atomic E-state index is 0.0716. The molecule has 5 nitrogen and oxygen atoms in total. The molecule has 0 unspecified atom stereocenters. The summed E-state index contributed by atoms with van der Waals surface area (Å²) in [6.07, 6.45) is 0.506. The first-order valence-corrected chi connectivity index (χ1v) is 5.37. The van der Waals surface area contributed by atoms with Crippen LogP contribution in [0.4, 0.5) is 0 Å². The van der Waals surface area contributed by atoms with Gasteiger partial charge in [-0.05, 0) is 18.1 Å². The van der Waals surface area contributed by atoms with Gasteiger partial charge in [-0.25, -0.2) is 4.79 Å². The van der Waals surface area contributed by atoms with E-state index in [0.29, 0.717) is 6.42 Å². The molecule has 0 atom stereocenters. The smallest absolute Gasteiger partial charge is 0.328 e. The zero-order valence-electron chi connectivity index (χ0n) is 9.80. The van der Waals surface area contributed by atoms with Gasteiger partial charge in [0.05, 0.1) is 11.0 Å². The van der Waals surface area contributed by atoms with Crippen molar-refractivity contribution in [3.63, 3.8) is 0 Å². The quantitative estimate of drug-likeness (QED) is 0.858. The summed E-state index contributed by atoms with van der Waals surface area (Å²) in [7, 11) is 3.42. The number of carbonyl (C=O) groups is 1. The first-order chi connectivity index (χ1) is 8.02. The van der Waals surface area contributed by atoms with Crippen molar-refractivity contribution in [3.8, 4) is 0 Å². The highest BCUT2D eigenvalue weighted by Gasteiger charge is 2.11.